The minimum Gasteiger partial charge on any atom is -0.494 e. The molecule has 6 heterocycles. The highest BCUT2D eigenvalue weighted by molar-refractivity contribution is 6.14. The Morgan fingerprint density at radius 3 is 1.78 bits per heavy atom. The minimum absolute atomic E-state index is 0.121. The molecule has 2 amide bonds. The number of hydrogen-bond acceptors (Lipinski definition) is 16. The molecule has 2 saturated heterocycles. The van der Waals surface area contributed by atoms with E-state index < -0.39 is 0 Å². The third-order valence-corrected chi connectivity index (χ3v) is 13.5. The number of methoxy groups -OCH3 is 1. The van der Waals surface area contributed by atoms with Crippen LogP contribution in [0.25, 0.3) is 0 Å². The predicted molar refractivity (Wildman–Crippen MR) is 271 cm³/mol. The van der Waals surface area contributed by atoms with Gasteiger partial charge in [0, 0.05) is 97.5 Å². The van der Waals surface area contributed by atoms with Crippen LogP contribution in [-0.2, 0) is 6.54 Å². The first-order valence-corrected chi connectivity index (χ1v) is 23.4. The van der Waals surface area contributed by atoms with Crippen LogP contribution in [0.3, 0.4) is 0 Å². The van der Waals surface area contributed by atoms with E-state index in [-0.39, 0.29) is 17.9 Å². The second kappa shape index (κ2) is 18.8. The number of ether oxygens (including phenoxy) is 2. The van der Waals surface area contributed by atoms with Gasteiger partial charge in [0.05, 0.1) is 66.1 Å². The summed E-state index contributed by atoms with van der Waals surface area (Å²) in [6, 6.07) is 25.7. The zero-order valence-corrected chi connectivity index (χ0v) is 39.8. The fraction of sp³-hybridized carbons (Fsp3) is 0.333. The Morgan fingerprint density at radius 2 is 1.17 bits per heavy atom. The highest BCUT2D eigenvalue weighted by Crippen LogP contribution is 2.42. The van der Waals surface area contributed by atoms with E-state index in [2.05, 4.69) is 47.4 Å². The van der Waals surface area contributed by atoms with Gasteiger partial charge in [-0.05, 0) is 73.9 Å². The van der Waals surface area contributed by atoms with Crippen molar-refractivity contribution in [3.05, 3.63) is 108 Å². The molecule has 6 aromatic rings. The van der Waals surface area contributed by atoms with E-state index >= 15 is 0 Å². The van der Waals surface area contributed by atoms with Crippen molar-refractivity contribution < 1.29 is 24.2 Å². The number of aliphatic hydroxyl groups excluding tert-OH is 1. The van der Waals surface area contributed by atoms with Crippen LogP contribution in [0.1, 0.15) is 46.0 Å². The molecule has 18 nitrogen and oxygen atoms in total. The molecular weight excluding hydrogens is 875 g/mol. The third kappa shape index (κ3) is 8.72. The van der Waals surface area contributed by atoms with Gasteiger partial charge in [0.1, 0.15) is 22.9 Å². The van der Waals surface area contributed by atoms with Gasteiger partial charge >= 0.3 is 0 Å². The monoisotopic (exact) mass is 931 g/mol. The van der Waals surface area contributed by atoms with E-state index in [4.69, 9.17) is 19.4 Å². The maximum absolute atomic E-state index is 14.1. The van der Waals surface area contributed by atoms with Gasteiger partial charge in [0.25, 0.3) is 11.8 Å². The van der Waals surface area contributed by atoms with E-state index in [0.29, 0.717) is 70.7 Å². The zero-order chi connectivity index (χ0) is 47.9. The molecule has 0 spiro atoms. The number of amides is 2. The highest BCUT2D eigenvalue weighted by Gasteiger charge is 2.32. The highest BCUT2D eigenvalue weighted by atomic mass is 16.5. The molecule has 0 unspecified atom stereocenters. The van der Waals surface area contributed by atoms with Gasteiger partial charge in [-0.25, -0.2) is 9.97 Å². The molecule has 2 fully saturated rings. The van der Waals surface area contributed by atoms with Gasteiger partial charge in [-0.2, -0.15) is 9.97 Å². The third-order valence-electron chi connectivity index (χ3n) is 13.5. The molecule has 0 aliphatic carbocycles. The van der Waals surface area contributed by atoms with Gasteiger partial charge in [0.2, 0.25) is 11.9 Å². The predicted octanol–water partition coefficient (Wildman–Crippen LogP) is 7.16. The number of anilines is 12. The molecule has 4 aliphatic rings. The second-order valence-corrected chi connectivity index (χ2v) is 17.7. The van der Waals surface area contributed by atoms with Crippen LogP contribution in [0.5, 0.6) is 11.5 Å². The standard InChI is InChI=1S/C51H57N13O5/c1-7-69-45-28-34(63-20-18-35(65)19-21-63)14-16-39(45)55-51-53-30-43-47(57-51)59(3)41-17-12-32(26-37(41)49(67)61(43)5)31-62-22-24-64(25-23-62)33-13-15-38(44(27-33)68-6)54-50-52-29-42-46(56-50)58(2)40-11-9-8-10-36(40)48(66)60(42)4/h8-17,26-30,35,65H,7,18-25,31H2,1-6H3,(H,52,54,56)(H,53,55,57). The van der Waals surface area contributed by atoms with Crippen molar-refractivity contribution in [2.24, 2.45) is 0 Å². The maximum Gasteiger partial charge on any atom is 0.260 e. The van der Waals surface area contributed by atoms with Crippen LogP contribution in [0, 0.1) is 0 Å². The van der Waals surface area contributed by atoms with Gasteiger partial charge in [-0.1, -0.05) is 18.2 Å². The second-order valence-electron chi connectivity index (χ2n) is 17.7. The lowest BCUT2D eigenvalue weighted by atomic mass is 10.1. The molecule has 4 aromatic carbocycles. The Labute approximate surface area is 401 Å². The summed E-state index contributed by atoms with van der Waals surface area (Å²) in [7, 11) is 8.97. The Hall–Kier alpha value is -7.70. The summed E-state index contributed by atoms with van der Waals surface area (Å²) in [5.41, 5.74) is 8.52. The van der Waals surface area contributed by atoms with Crippen molar-refractivity contribution in [2.45, 2.75) is 32.4 Å². The number of aromatic nitrogens is 4. The molecule has 10 rings (SSSR count). The average molecular weight is 932 g/mol. The molecule has 0 bridgehead atoms. The van der Waals surface area contributed by atoms with Gasteiger partial charge in [0.15, 0.2) is 11.6 Å². The number of para-hydroxylation sites is 1. The van der Waals surface area contributed by atoms with Crippen LogP contribution >= 0.6 is 0 Å². The Balaban J connectivity index is 0.794. The van der Waals surface area contributed by atoms with Gasteiger partial charge in [-0.15, -0.1) is 0 Å². The Bertz CT molecular complexity index is 2920. The van der Waals surface area contributed by atoms with Crippen molar-refractivity contribution in [1.29, 1.82) is 0 Å². The number of benzene rings is 4. The van der Waals surface area contributed by atoms with Crippen LogP contribution in [0.15, 0.2) is 91.3 Å². The number of piperidine rings is 1. The fourth-order valence-corrected chi connectivity index (χ4v) is 9.57. The number of nitrogens with one attached hydrogen (secondary N) is 2. The summed E-state index contributed by atoms with van der Waals surface area (Å²) in [4.78, 5) is 60.5. The van der Waals surface area contributed by atoms with Crippen molar-refractivity contribution in [3.8, 4) is 11.5 Å². The number of aliphatic hydroxyl groups is 1. The Morgan fingerprint density at radius 1 is 0.623 bits per heavy atom. The molecule has 4 aliphatic heterocycles. The molecule has 69 heavy (non-hydrogen) atoms. The van der Waals surface area contributed by atoms with Crippen molar-refractivity contribution >= 4 is 80.8 Å². The summed E-state index contributed by atoms with van der Waals surface area (Å²) in [5, 5.41) is 16.7. The number of carbonyl (C=O) groups excluding carboxylic acids is 2. The number of fused-ring (bicyclic) bond motifs is 4. The normalized spacial score (nSPS) is 16.3. The number of hydrogen-bond donors (Lipinski definition) is 3. The van der Waals surface area contributed by atoms with Crippen LogP contribution in [0.2, 0.25) is 0 Å². The number of piperazine rings is 1. The quantitative estimate of drug-likeness (QED) is 0.119. The topological polar surface area (TPSA) is 171 Å². The maximum atomic E-state index is 14.1. The number of nitrogens with zero attached hydrogens (tertiary/aromatic N) is 11. The van der Waals surface area contributed by atoms with Crippen molar-refractivity contribution in [1.82, 2.24) is 24.8 Å². The van der Waals surface area contributed by atoms with Crippen molar-refractivity contribution in [3.63, 3.8) is 0 Å². The molecule has 0 radical (unpaired) electrons. The van der Waals surface area contributed by atoms with E-state index in [1.54, 1.807) is 43.4 Å². The first-order valence-electron chi connectivity index (χ1n) is 23.4. The number of carbonyl (C=O) groups is 2. The Kier molecular flexibility index (Phi) is 12.3. The summed E-state index contributed by atoms with van der Waals surface area (Å²) in [6.45, 7) is 7.99. The van der Waals surface area contributed by atoms with E-state index in [9.17, 15) is 14.7 Å². The average Bonchev–Trinajstić information content (AvgIpc) is 3.50. The molecule has 18 heteroatoms. The van der Waals surface area contributed by atoms with Crippen LogP contribution < -0.4 is 49.5 Å². The van der Waals surface area contributed by atoms with Crippen LogP contribution in [0.4, 0.5) is 69.0 Å². The molecule has 3 N–H and O–H groups in total. The molecular formula is C51H57N13O5. The van der Waals surface area contributed by atoms with Gasteiger partial charge in [-0.3, -0.25) is 14.5 Å². The smallest absolute Gasteiger partial charge is 0.260 e. The molecule has 0 atom stereocenters. The minimum atomic E-state index is -0.251. The zero-order valence-electron chi connectivity index (χ0n) is 39.8. The first kappa shape index (κ1) is 45.1. The van der Waals surface area contributed by atoms with E-state index in [1.807, 2.05) is 97.5 Å². The molecule has 356 valence electrons. The first-order chi connectivity index (χ1) is 33.5. The van der Waals surface area contributed by atoms with E-state index in [0.717, 1.165) is 91.8 Å². The van der Waals surface area contributed by atoms with Gasteiger partial charge < -0.3 is 54.6 Å². The lowest BCUT2D eigenvalue weighted by molar-refractivity contribution is 0.0986. The molecule has 2 aromatic heterocycles. The number of rotatable bonds is 11. The lowest BCUT2D eigenvalue weighted by Crippen LogP contribution is -2.46. The van der Waals surface area contributed by atoms with Crippen molar-refractivity contribution in [2.75, 3.05) is 121 Å². The van der Waals surface area contributed by atoms with Crippen LogP contribution in [-0.4, -0.2) is 129 Å². The summed E-state index contributed by atoms with van der Waals surface area (Å²) in [5.74, 6) is 3.05. The summed E-state index contributed by atoms with van der Waals surface area (Å²) < 4.78 is 11.9. The molecule has 0 saturated carbocycles. The lowest BCUT2D eigenvalue weighted by Gasteiger charge is -2.36. The fourth-order valence-electron chi connectivity index (χ4n) is 9.57. The SMILES string of the molecule is CCOc1cc(N2CCC(O)CC2)ccc1Nc1ncc2c(n1)N(C)c1ccc(CN3CCN(c4ccc(Nc5ncc6c(n5)N(C)c5ccccc5C(=O)N6C)c(OC)c4)CC3)cc1C(=O)N2C. The summed E-state index contributed by atoms with van der Waals surface area (Å²) in [6.07, 6.45) is 4.58. The van der Waals surface area contributed by atoms with E-state index in [1.165, 1.54) is 0 Å². The largest absolute Gasteiger partial charge is 0.494 e. The summed E-state index contributed by atoms with van der Waals surface area (Å²) >= 11 is 0.